The zero-order valence-electron chi connectivity index (χ0n) is 10.4. The van der Waals surface area contributed by atoms with Crippen LogP contribution in [0.5, 0.6) is 0 Å². The summed E-state index contributed by atoms with van der Waals surface area (Å²) in [4.78, 5) is 14.0. The van der Waals surface area contributed by atoms with Gasteiger partial charge in [-0.3, -0.25) is 10.2 Å². The Hall–Kier alpha value is -1.66. The first kappa shape index (κ1) is 13.8. The molecule has 0 atom stereocenters. The fourth-order valence-electron chi connectivity index (χ4n) is 1.83. The van der Waals surface area contributed by atoms with Crippen LogP contribution >= 0.6 is 24.0 Å². The summed E-state index contributed by atoms with van der Waals surface area (Å²) in [6.07, 6.45) is 3.54. The molecule has 1 N–H and O–H groups in total. The van der Waals surface area contributed by atoms with Crippen molar-refractivity contribution in [3.05, 3.63) is 42.5 Å². The van der Waals surface area contributed by atoms with E-state index in [1.807, 2.05) is 30.5 Å². The Morgan fingerprint density at radius 1 is 1.58 bits per heavy atom. The average Bonchev–Trinajstić information content (AvgIpc) is 2.70. The molecule has 0 saturated heterocycles. The molecule has 2 rings (SSSR count). The van der Waals surface area contributed by atoms with Crippen LogP contribution in [-0.4, -0.2) is 28.7 Å². The number of benzene rings is 1. The van der Waals surface area contributed by atoms with Gasteiger partial charge in [0.1, 0.15) is 0 Å². The van der Waals surface area contributed by atoms with Crippen molar-refractivity contribution in [2.45, 2.75) is 0 Å². The first-order valence-corrected chi connectivity index (χ1v) is 7.26. The fraction of sp³-hybridized carbons (Fsp3) is 0.154. The van der Waals surface area contributed by atoms with E-state index in [0.29, 0.717) is 16.6 Å². The Morgan fingerprint density at radius 2 is 2.32 bits per heavy atom. The largest absolute Gasteiger partial charge is 0.302 e. The lowest BCUT2D eigenvalue weighted by Gasteiger charge is -2.13. The zero-order valence-corrected chi connectivity index (χ0v) is 12.1. The molecule has 1 heterocycles. The van der Waals surface area contributed by atoms with Gasteiger partial charge in [-0.15, -0.1) is 6.58 Å². The highest BCUT2D eigenvalue weighted by molar-refractivity contribution is 8.22. The third-order valence-electron chi connectivity index (χ3n) is 2.65. The lowest BCUT2D eigenvalue weighted by atomic mass is 10.1. The molecule has 0 aliphatic carbocycles. The molecule has 0 radical (unpaired) electrons. The number of hydrogen-bond acceptors (Lipinski definition) is 4. The number of fused-ring (bicyclic) bond motifs is 1. The Morgan fingerprint density at radius 3 is 3.00 bits per heavy atom. The van der Waals surface area contributed by atoms with E-state index in [1.165, 1.54) is 11.8 Å². The van der Waals surface area contributed by atoms with Crippen molar-refractivity contribution >= 4 is 45.6 Å². The van der Waals surface area contributed by atoms with Gasteiger partial charge in [0.15, 0.2) is 10.0 Å². The number of hydrazone groups is 1. The van der Waals surface area contributed by atoms with Crippen LogP contribution < -0.4 is 10.3 Å². The van der Waals surface area contributed by atoms with Gasteiger partial charge in [-0.25, -0.2) is 0 Å². The smallest absolute Gasteiger partial charge is 0.279 e. The second-order valence-electron chi connectivity index (χ2n) is 3.79. The Balaban J connectivity index is 2.38. The van der Waals surface area contributed by atoms with E-state index in [2.05, 4.69) is 17.1 Å². The predicted octanol–water partition coefficient (Wildman–Crippen LogP) is 2.16. The molecule has 4 nitrogen and oxygen atoms in total. The van der Waals surface area contributed by atoms with Crippen LogP contribution in [-0.2, 0) is 4.79 Å². The molecule has 0 aromatic heterocycles. The van der Waals surface area contributed by atoms with Gasteiger partial charge in [0.2, 0.25) is 0 Å². The highest BCUT2D eigenvalue weighted by Crippen LogP contribution is 2.28. The summed E-state index contributed by atoms with van der Waals surface area (Å²) in [5.74, 6) is -0.141. The maximum Gasteiger partial charge on any atom is 0.279 e. The molecule has 19 heavy (non-hydrogen) atoms. The number of thioether (sulfide) groups is 1. The Labute approximate surface area is 121 Å². The molecule has 0 saturated carbocycles. The summed E-state index contributed by atoms with van der Waals surface area (Å²) in [5.41, 5.74) is 4.76. The minimum absolute atomic E-state index is 0.141. The van der Waals surface area contributed by atoms with Crippen LogP contribution in [0.15, 0.2) is 42.0 Å². The topological polar surface area (TPSA) is 44.7 Å². The molecule has 1 aliphatic heterocycles. The van der Waals surface area contributed by atoms with Gasteiger partial charge in [0.25, 0.3) is 5.91 Å². The zero-order chi connectivity index (χ0) is 13.8. The molecule has 98 valence electrons. The minimum atomic E-state index is -0.141. The molecular formula is C13H13N3OS2. The van der Waals surface area contributed by atoms with Crippen LogP contribution in [0.2, 0.25) is 0 Å². The molecular weight excluding hydrogens is 278 g/mol. The van der Waals surface area contributed by atoms with Crippen molar-refractivity contribution < 1.29 is 4.79 Å². The summed E-state index contributed by atoms with van der Waals surface area (Å²) in [6.45, 7) is 4.13. The number of hydrogen-bond donors (Lipinski definition) is 1. The number of thiocarbonyl (C=S) groups is 1. The van der Waals surface area contributed by atoms with Crippen LogP contribution in [0.25, 0.3) is 0 Å². The van der Waals surface area contributed by atoms with Crippen molar-refractivity contribution in [1.82, 2.24) is 5.43 Å². The monoisotopic (exact) mass is 291 g/mol. The SMILES string of the molecule is C=CCN1C(=O)C(=NNC(=S)SC)c2ccccc21. The maximum atomic E-state index is 12.3. The van der Waals surface area contributed by atoms with Gasteiger partial charge in [-0.2, -0.15) is 5.10 Å². The van der Waals surface area contributed by atoms with Gasteiger partial charge in [-0.05, 0) is 12.3 Å². The van der Waals surface area contributed by atoms with Crippen molar-refractivity contribution in [3.63, 3.8) is 0 Å². The van der Waals surface area contributed by atoms with Crippen LogP contribution in [0, 0.1) is 0 Å². The molecule has 1 aromatic rings. The van der Waals surface area contributed by atoms with Crippen LogP contribution in [0.3, 0.4) is 0 Å². The van der Waals surface area contributed by atoms with E-state index >= 15 is 0 Å². The first-order chi connectivity index (χ1) is 9.19. The van der Waals surface area contributed by atoms with Crippen LogP contribution in [0.1, 0.15) is 5.56 Å². The molecule has 0 fully saturated rings. The van der Waals surface area contributed by atoms with Gasteiger partial charge in [0, 0.05) is 12.1 Å². The van der Waals surface area contributed by atoms with E-state index in [9.17, 15) is 4.79 Å². The lowest BCUT2D eigenvalue weighted by molar-refractivity contribution is -0.112. The number of carbonyl (C=O) groups excluding carboxylic acids is 1. The number of nitrogens with one attached hydrogen (secondary N) is 1. The highest BCUT2D eigenvalue weighted by Gasteiger charge is 2.33. The quantitative estimate of drug-likeness (QED) is 0.526. The third kappa shape index (κ3) is 2.69. The number of nitrogens with zero attached hydrogens (tertiary/aromatic N) is 2. The van der Waals surface area contributed by atoms with E-state index in [0.717, 1.165) is 11.3 Å². The average molecular weight is 291 g/mol. The molecule has 0 spiro atoms. The first-order valence-electron chi connectivity index (χ1n) is 5.63. The molecule has 0 unspecified atom stereocenters. The number of rotatable bonds is 3. The molecule has 6 heteroatoms. The van der Waals surface area contributed by atoms with E-state index < -0.39 is 0 Å². The summed E-state index contributed by atoms with van der Waals surface area (Å²) in [5, 5.41) is 4.13. The molecule has 1 amide bonds. The van der Waals surface area contributed by atoms with E-state index in [1.54, 1.807) is 11.0 Å². The maximum absolute atomic E-state index is 12.3. The highest BCUT2D eigenvalue weighted by atomic mass is 32.2. The molecule has 0 bridgehead atoms. The molecule has 1 aromatic carbocycles. The normalized spacial score (nSPS) is 15.5. The van der Waals surface area contributed by atoms with Gasteiger partial charge in [0.05, 0.1) is 5.69 Å². The van der Waals surface area contributed by atoms with Crippen molar-refractivity contribution in [1.29, 1.82) is 0 Å². The number of amides is 1. The van der Waals surface area contributed by atoms with Gasteiger partial charge in [-0.1, -0.05) is 48.3 Å². The van der Waals surface area contributed by atoms with Crippen molar-refractivity contribution in [2.75, 3.05) is 17.7 Å². The Bertz CT molecular complexity index is 569. The standard InChI is InChI=1S/C13H13N3OS2/c1-3-8-16-10-7-5-4-6-9(10)11(12(16)17)14-15-13(18)19-2/h3-7H,1,8H2,2H3,(H,15,18). The number of carbonyl (C=O) groups is 1. The Kier molecular flexibility index (Phi) is 4.34. The second-order valence-corrected chi connectivity index (χ2v) is 5.27. The number of anilines is 1. The second kappa shape index (κ2) is 5.99. The van der Waals surface area contributed by atoms with E-state index in [-0.39, 0.29) is 5.91 Å². The fourth-order valence-corrected chi connectivity index (χ4v) is 2.01. The lowest BCUT2D eigenvalue weighted by Crippen LogP contribution is -2.31. The number of para-hydroxylation sites is 1. The van der Waals surface area contributed by atoms with Gasteiger partial charge < -0.3 is 4.90 Å². The van der Waals surface area contributed by atoms with Gasteiger partial charge >= 0.3 is 0 Å². The summed E-state index contributed by atoms with van der Waals surface area (Å²) in [7, 11) is 0. The summed E-state index contributed by atoms with van der Waals surface area (Å²) < 4.78 is 0.528. The third-order valence-corrected chi connectivity index (χ3v) is 3.71. The summed E-state index contributed by atoms with van der Waals surface area (Å²) >= 11 is 6.39. The predicted molar refractivity (Wildman–Crippen MR) is 84.8 cm³/mol. The van der Waals surface area contributed by atoms with E-state index in [4.69, 9.17) is 12.2 Å². The minimum Gasteiger partial charge on any atom is -0.302 e. The summed E-state index contributed by atoms with van der Waals surface area (Å²) in [6, 6.07) is 7.54. The van der Waals surface area contributed by atoms with Crippen LogP contribution in [0.4, 0.5) is 5.69 Å². The van der Waals surface area contributed by atoms with Crippen molar-refractivity contribution in [3.8, 4) is 0 Å². The van der Waals surface area contributed by atoms with Crippen molar-refractivity contribution in [2.24, 2.45) is 5.10 Å². The molecule has 1 aliphatic rings.